The Hall–Kier alpha value is -3.39. The van der Waals surface area contributed by atoms with Gasteiger partial charge in [-0.25, -0.2) is 4.79 Å². The minimum absolute atomic E-state index is 0.169. The number of benzene rings is 2. The highest BCUT2D eigenvalue weighted by Crippen LogP contribution is 2.39. The highest BCUT2D eigenvalue weighted by atomic mass is 16.6. The fraction of sp³-hybridized carbons (Fsp3) is 0.346. The van der Waals surface area contributed by atoms with Crippen LogP contribution in [-0.4, -0.2) is 23.4 Å². The zero-order valence-electron chi connectivity index (χ0n) is 18.3. The van der Waals surface area contributed by atoms with Gasteiger partial charge < -0.3 is 14.0 Å². The van der Waals surface area contributed by atoms with Crippen molar-refractivity contribution in [3.63, 3.8) is 0 Å². The van der Waals surface area contributed by atoms with Crippen LogP contribution < -0.4 is 10.1 Å². The predicted molar refractivity (Wildman–Crippen MR) is 124 cm³/mol. The van der Waals surface area contributed by atoms with Gasteiger partial charge >= 0.3 is 6.09 Å². The highest BCUT2D eigenvalue weighted by molar-refractivity contribution is 5.96. The Morgan fingerprint density at radius 1 is 1.23 bits per heavy atom. The van der Waals surface area contributed by atoms with Crippen LogP contribution in [0.15, 0.2) is 42.5 Å². The number of amides is 1. The summed E-state index contributed by atoms with van der Waals surface area (Å²) in [6.07, 6.45) is 7.85. The number of fused-ring (bicyclic) bond motifs is 1. The van der Waals surface area contributed by atoms with Gasteiger partial charge in [-0.3, -0.25) is 5.32 Å². The predicted octanol–water partition coefficient (Wildman–Crippen LogP) is 6.06. The number of nitrogens with zero attached hydrogens (tertiary/aromatic N) is 1. The lowest BCUT2D eigenvalue weighted by Crippen LogP contribution is -2.17. The molecule has 0 atom stereocenters. The fourth-order valence-electron chi connectivity index (χ4n) is 3.85. The zero-order valence-corrected chi connectivity index (χ0v) is 18.3. The second-order valence-corrected chi connectivity index (χ2v) is 8.19. The molecule has 3 aromatic rings. The molecule has 1 heterocycles. The number of terminal acetylenes is 1. The van der Waals surface area contributed by atoms with Crippen molar-refractivity contribution in [1.29, 1.82) is 0 Å². The number of hydrogen-bond acceptors (Lipinski definition) is 3. The lowest BCUT2D eigenvalue weighted by atomic mass is 10.1. The van der Waals surface area contributed by atoms with Gasteiger partial charge in [-0.15, -0.1) is 6.42 Å². The van der Waals surface area contributed by atoms with E-state index < -0.39 is 6.09 Å². The molecule has 1 aliphatic carbocycles. The first-order chi connectivity index (χ1) is 15.0. The largest absolute Gasteiger partial charge is 0.494 e. The van der Waals surface area contributed by atoms with Crippen molar-refractivity contribution in [2.45, 2.75) is 46.3 Å². The lowest BCUT2D eigenvalue weighted by Gasteiger charge is -2.13. The minimum Gasteiger partial charge on any atom is -0.494 e. The Balaban J connectivity index is 1.75. The van der Waals surface area contributed by atoms with E-state index in [0.29, 0.717) is 18.2 Å². The summed E-state index contributed by atoms with van der Waals surface area (Å²) < 4.78 is 13.2. The molecule has 2 aromatic carbocycles. The van der Waals surface area contributed by atoms with Crippen molar-refractivity contribution in [3.8, 4) is 29.4 Å². The first-order valence-corrected chi connectivity index (χ1v) is 10.8. The number of nitrogens with one attached hydrogen (secondary N) is 1. The third-order valence-electron chi connectivity index (χ3n) is 5.38. The zero-order chi connectivity index (χ0) is 22.0. The standard InChI is InChI=1S/C26H28N2O3/c1-5-22-23-14-13-21(30-6-2)15-24(23)28(16-18-7-8-18)25(22)19-9-11-20(12-10-19)27-26(29)31-17(3)4/h1,9-15,17-18H,6-8,16H2,2-4H3,(H,27,29). The molecule has 0 bridgehead atoms. The minimum atomic E-state index is -0.460. The van der Waals surface area contributed by atoms with Crippen LogP contribution >= 0.6 is 0 Å². The lowest BCUT2D eigenvalue weighted by molar-refractivity contribution is 0.130. The molecule has 0 saturated heterocycles. The van der Waals surface area contributed by atoms with Gasteiger partial charge in [0.25, 0.3) is 0 Å². The molecule has 0 radical (unpaired) electrons. The molecule has 1 saturated carbocycles. The van der Waals surface area contributed by atoms with Crippen molar-refractivity contribution in [2.75, 3.05) is 11.9 Å². The molecule has 4 rings (SSSR count). The smallest absolute Gasteiger partial charge is 0.411 e. The monoisotopic (exact) mass is 416 g/mol. The maximum absolute atomic E-state index is 11.9. The summed E-state index contributed by atoms with van der Waals surface area (Å²) >= 11 is 0. The normalized spacial score (nSPS) is 13.3. The van der Waals surface area contributed by atoms with Crippen molar-refractivity contribution in [1.82, 2.24) is 4.57 Å². The first kappa shape index (κ1) is 20.9. The molecule has 1 N–H and O–H groups in total. The summed E-state index contributed by atoms with van der Waals surface area (Å²) in [5.74, 6) is 4.45. The summed E-state index contributed by atoms with van der Waals surface area (Å²) in [6, 6.07) is 13.9. The second-order valence-electron chi connectivity index (χ2n) is 8.19. The summed E-state index contributed by atoms with van der Waals surface area (Å²) in [6.45, 7) is 7.18. The average Bonchev–Trinajstić information content (AvgIpc) is 3.50. The molecule has 31 heavy (non-hydrogen) atoms. The molecule has 0 aliphatic heterocycles. The van der Waals surface area contributed by atoms with Crippen molar-refractivity contribution in [2.24, 2.45) is 5.92 Å². The Labute approximate surface area is 183 Å². The van der Waals surface area contributed by atoms with E-state index >= 15 is 0 Å². The molecular formula is C26H28N2O3. The van der Waals surface area contributed by atoms with Gasteiger partial charge in [-0.2, -0.15) is 0 Å². The number of carbonyl (C=O) groups excluding carboxylic acids is 1. The van der Waals surface area contributed by atoms with Crippen LogP contribution in [-0.2, 0) is 11.3 Å². The molecule has 1 amide bonds. The van der Waals surface area contributed by atoms with E-state index in [0.717, 1.165) is 40.0 Å². The summed E-state index contributed by atoms with van der Waals surface area (Å²) in [5, 5.41) is 3.82. The molecule has 0 spiro atoms. The van der Waals surface area contributed by atoms with Gasteiger partial charge in [0, 0.05) is 23.7 Å². The molecule has 0 unspecified atom stereocenters. The van der Waals surface area contributed by atoms with E-state index in [1.807, 2.05) is 51.1 Å². The summed E-state index contributed by atoms with van der Waals surface area (Å²) in [7, 11) is 0. The maximum atomic E-state index is 11.9. The summed E-state index contributed by atoms with van der Waals surface area (Å²) in [4.78, 5) is 11.9. The quantitative estimate of drug-likeness (QED) is 0.477. The second kappa shape index (κ2) is 8.77. The summed E-state index contributed by atoms with van der Waals surface area (Å²) in [5.41, 5.74) is 4.72. The van der Waals surface area contributed by atoms with Crippen LogP contribution in [0.1, 0.15) is 39.2 Å². The highest BCUT2D eigenvalue weighted by Gasteiger charge is 2.26. The number of hydrogen-bond donors (Lipinski definition) is 1. The van der Waals surface area contributed by atoms with E-state index in [9.17, 15) is 4.79 Å². The van der Waals surface area contributed by atoms with Crippen molar-refractivity contribution in [3.05, 3.63) is 48.0 Å². The molecule has 1 aliphatic rings. The maximum Gasteiger partial charge on any atom is 0.411 e. The number of carbonyl (C=O) groups is 1. The molecule has 1 aromatic heterocycles. The number of rotatable bonds is 7. The van der Waals surface area contributed by atoms with Crippen LogP contribution in [0, 0.1) is 18.3 Å². The number of ether oxygens (including phenoxy) is 2. The average molecular weight is 417 g/mol. The van der Waals surface area contributed by atoms with E-state index in [1.165, 1.54) is 12.8 Å². The molecule has 5 heteroatoms. The third kappa shape index (κ3) is 4.54. The SMILES string of the molecule is C#Cc1c(-c2ccc(NC(=O)OC(C)C)cc2)n(CC2CC2)c2cc(OCC)ccc12. The Kier molecular flexibility index (Phi) is 5.90. The Morgan fingerprint density at radius 3 is 2.58 bits per heavy atom. The number of anilines is 1. The van der Waals surface area contributed by atoms with Gasteiger partial charge in [0.05, 0.1) is 29.5 Å². The van der Waals surface area contributed by atoms with Crippen molar-refractivity contribution < 1.29 is 14.3 Å². The van der Waals surface area contributed by atoms with Gasteiger partial charge in [-0.05, 0) is 69.4 Å². The van der Waals surface area contributed by atoms with Crippen LogP contribution in [0.3, 0.4) is 0 Å². The van der Waals surface area contributed by atoms with E-state index in [2.05, 4.69) is 27.9 Å². The van der Waals surface area contributed by atoms with Gasteiger partial charge in [0.15, 0.2) is 0 Å². The third-order valence-corrected chi connectivity index (χ3v) is 5.38. The Bertz CT molecular complexity index is 1130. The van der Waals surface area contributed by atoms with Gasteiger partial charge in [0.1, 0.15) is 5.75 Å². The van der Waals surface area contributed by atoms with E-state index in [4.69, 9.17) is 15.9 Å². The fourth-order valence-corrected chi connectivity index (χ4v) is 3.85. The van der Waals surface area contributed by atoms with Crippen LogP contribution in [0.25, 0.3) is 22.2 Å². The van der Waals surface area contributed by atoms with E-state index in [1.54, 1.807) is 0 Å². The van der Waals surface area contributed by atoms with Crippen molar-refractivity contribution >= 4 is 22.7 Å². The van der Waals surface area contributed by atoms with Crippen LogP contribution in [0.4, 0.5) is 10.5 Å². The topological polar surface area (TPSA) is 52.5 Å². The van der Waals surface area contributed by atoms with E-state index in [-0.39, 0.29) is 6.10 Å². The first-order valence-electron chi connectivity index (χ1n) is 10.8. The molecule has 1 fully saturated rings. The molecule has 160 valence electrons. The van der Waals surface area contributed by atoms with Crippen LogP contribution in [0.5, 0.6) is 5.75 Å². The van der Waals surface area contributed by atoms with Crippen LogP contribution in [0.2, 0.25) is 0 Å². The van der Waals surface area contributed by atoms with Gasteiger partial charge in [0.2, 0.25) is 0 Å². The molecule has 5 nitrogen and oxygen atoms in total. The van der Waals surface area contributed by atoms with Gasteiger partial charge in [-0.1, -0.05) is 18.1 Å². The number of aromatic nitrogens is 1. The molecular weight excluding hydrogens is 388 g/mol. The Morgan fingerprint density at radius 2 is 1.97 bits per heavy atom.